The van der Waals surface area contributed by atoms with Crippen molar-refractivity contribution in [2.24, 2.45) is 5.73 Å². The van der Waals surface area contributed by atoms with E-state index in [2.05, 4.69) is 4.98 Å². The molecule has 0 fully saturated rings. The highest BCUT2D eigenvalue weighted by atomic mass is 16.5. The van der Waals surface area contributed by atoms with Crippen molar-refractivity contribution in [1.82, 2.24) is 4.98 Å². The highest BCUT2D eigenvalue weighted by molar-refractivity contribution is 6.06. The molecule has 0 radical (unpaired) electrons. The van der Waals surface area contributed by atoms with E-state index in [1.165, 1.54) is 14.2 Å². The molecule has 0 spiro atoms. The number of carbonyl (C=O) groups is 1. The molecular formula is C12H13N3O4. The van der Waals surface area contributed by atoms with Gasteiger partial charge in [-0.2, -0.15) is 0 Å². The van der Waals surface area contributed by atoms with E-state index in [4.69, 9.17) is 20.9 Å². The predicted octanol–water partition coefficient (Wildman–Crippen LogP) is 0.226. The number of hydrogen-bond acceptors (Lipinski definition) is 5. The predicted molar refractivity (Wildman–Crippen MR) is 70.6 cm³/mol. The lowest BCUT2D eigenvalue weighted by molar-refractivity contribution is 0.1000. The molecular weight excluding hydrogens is 250 g/mol. The Hall–Kier alpha value is -2.70. The number of carbonyl (C=O) groups excluding carboxylic acids is 1. The van der Waals surface area contributed by atoms with Crippen LogP contribution in [0.1, 0.15) is 10.4 Å². The topological polar surface area (TPSA) is 120 Å². The third kappa shape index (κ3) is 1.95. The zero-order valence-corrected chi connectivity index (χ0v) is 10.4. The number of pyridine rings is 1. The molecule has 0 atom stereocenters. The highest BCUT2D eigenvalue weighted by Gasteiger charge is 2.17. The number of amides is 1. The fourth-order valence-electron chi connectivity index (χ4n) is 1.89. The lowest BCUT2D eigenvalue weighted by Gasteiger charge is -2.11. The molecule has 0 unspecified atom stereocenters. The average Bonchev–Trinajstić information content (AvgIpc) is 2.36. The van der Waals surface area contributed by atoms with Crippen molar-refractivity contribution in [2.75, 3.05) is 20.0 Å². The van der Waals surface area contributed by atoms with E-state index in [1.807, 2.05) is 0 Å². The van der Waals surface area contributed by atoms with Crippen LogP contribution >= 0.6 is 0 Å². The highest BCUT2D eigenvalue weighted by Crippen LogP contribution is 2.33. The number of anilines is 1. The standard InChI is InChI=1S/C12H13N3O4/c1-18-7-3-5-6(4-8(7)19-2)15-12(17)9(10(5)13)11(14)16/h3-4H,1-2H3,(H2,14,16)(H3,13,15,17). The quantitative estimate of drug-likeness (QED) is 0.731. The zero-order valence-electron chi connectivity index (χ0n) is 10.4. The zero-order chi connectivity index (χ0) is 14.2. The van der Waals surface area contributed by atoms with E-state index in [-0.39, 0.29) is 11.3 Å². The summed E-state index contributed by atoms with van der Waals surface area (Å²) >= 11 is 0. The number of aromatic nitrogens is 1. The van der Waals surface area contributed by atoms with Gasteiger partial charge < -0.3 is 25.9 Å². The number of methoxy groups -OCH3 is 2. The normalized spacial score (nSPS) is 10.4. The Morgan fingerprint density at radius 1 is 1.21 bits per heavy atom. The number of rotatable bonds is 3. The second-order valence-corrected chi connectivity index (χ2v) is 3.86. The SMILES string of the molecule is COc1cc2[nH]c(=O)c(C(N)=O)c(N)c2cc1OC. The largest absolute Gasteiger partial charge is 0.493 e. The minimum atomic E-state index is -0.879. The summed E-state index contributed by atoms with van der Waals surface area (Å²) in [5.74, 6) is -0.00326. The second kappa shape index (κ2) is 4.52. The van der Waals surface area contributed by atoms with Crippen LogP contribution in [0, 0.1) is 0 Å². The first-order chi connectivity index (χ1) is 8.99. The summed E-state index contributed by atoms with van der Waals surface area (Å²) in [4.78, 5) is 25.5. The number of nitrogens with one attached hydrogen (secondary N) is 1. The molecule has 0 aliphatic rings. The summed E-state index contributed by atoms with van der Waals surface area (Å²) in [5.41, 5.74) is 10.5. The first-order valence-corrected chi connectivity index (χ1v) is 5.37. The third-order valence-corrected chi connectivity index (χ3v) is 2.80. The van der Waals surface area contributed by atoms with Crippen molar-refractivity contribution < 1.29 is 14.3 Å². The fourth-order valence-corrected chi connectivity index (χ4v) is 1.89. The molecule has 1 heterocycles. The first kappa shape index (κ1) is 12.7. The van der Waals surface area contributed by atoms with Gasteiger partial charge in [-0.1, -0.05) is 0 Å². The minimum Gasteiger partial charge on any atom is -0.493 e. The van der Waals surface area contributed by atoms with Crippen LogP contribution < -0.4 is 26.5 Å². The molecule has 5 N–H and O–H groups in total. The maximum Gasteiger partial charge on any atom is 0.263 e. The van der Waals surface area contributed by atoms with Crippen LogP contribution in [0.3, 0.4) is 0 Å². The van der Waals surface area contributed by atoms with Crippen LogP contribution in [-0.4, -0.2) is 25.1 Å². The van der Waals surface area contributed by atoms with Crippen molar-refractivity contribution in [2.45, 2.75) is 0 Å². The van der Waals surface area contributed by atoms with Gasteiger partial charge in [0.1, 0.15) is 5.56 Å². The Bertz CT molecular complexity index is 721. The lowest BCUT2D eigenvalue weighted by Crippen LogP contribution is -2.25. The van der Waals surface area contributed by atoms with Gasteiger partial charge in [-0.25, -0.2) is 0 Å². The number of nitrogens with two attached hydrogens (primary N) is 2. The van der Waals surface area contributed by atoms with Gasteiger partial charge in [-0.15, -0.1) is 0 Å². The minimum absolute atomic E-state index is 0.0206. The molecule has 19 heavy (non-hydrogen) atoms. The van der Waals surface area contributed by atoms with Crippen LogP contribution in [-0.2, 0) is 0 Å². The van der Waals surface area contributed by atoms with E-state index in [9.17, 15) is 9.59 Å². The summed E-state index contributed by atoms with van der Waals surface area (Å²) in [5, 5.41) is 0.464. The Labute approximate surface area is 108 Å². The number of aromatic amines is 1. The summed E-state index contributed by atoms with van der Waals surface area (Å²) in [6.45, 7) is 0. The maximum absolute atomic E-state index is 11.7. The molecule has 1 amide bonds. The molecule has 100 valence electrons. The van der Waals surface area contributed by atoms with Gasteiger partial charge in [-0.05, 0) is 6.07 Å². The van der Waals surface area contributed by atoms with Crippen molar-refractivity contribution in [1.29, 1.82) is 0 Å². The van der Waals surface area contributed by atoms with Gasteiger partial charge in [0.05, 0.1) is 25.4 Å². The van der Waals surface area contributed by atoms with Crippen LogP contribution in [0.25, 0.3) is 10.9 Å². The molecule has 0 bridgehead atoms. The molecule has 1 aromatic heterocycles. The number of ether oxygens (including phenoxy) is 2. The number of nitrogen functional groups attached to an aromatic ring is 1. The van der Waals surface area contributed by atoms with E-state index in [1.54, 1.807) is 12.1 Å². The monoisotopic (exact) mass is 263 g/mol. The number of primary amides is 1. The molecule has 2 aromatic rings. The molecule has 7 nitrogen and oxygen atoms in total. The smallest absolute Gasteiger partial charge is 0.263 e. The van der Waals surface area contributed by atoms with E-state index < -0.39 is 11.5 Å². The van der Waals surface area contributed by atoms with Crippen molar-refractivity contribution in [3.63, 3.8) is 0 Å². The van der Waals surface area contributed by atoms with Gasteiger partial charge in [0.15, 0.2) is 11.5 Å². The van der Waals surface area contributed by atoms with Gasteiger partial charge in [0, 0.05) is 11.5 Å². The van der Waals surface area contributed by atoms with Gasteiger partial charge in [0.2, 0.25) is 0 Å². The fraction of sp³-hybridized carbons (Fsp3) is 0.167. The van der Waals surface area contributed by atoms with Crippen LogP contribution in [0.4, 0.5) is 5.69 Å². The molecule has 0 saturated heterocycles. The number of H-pyrrole nitrogens is 1. The van der Waals surface area contributed by atoms with Crippen molar-refractivity contribution in [3.05, 3.63) is 28.0 Å². The van der Waals surface area contributed by atoms with E-state index in [0.717, 1.165) is 0 Å². The van der Waals surface area contributed by atoms with Crippen molar-refractivity contribution in [3.8, 4) is 11.5 Å². The Kier molecular flexibility index (Phi) is 3.04. The Morgan fingerprint density at radius 2 is 1.79 bits per heavy atom. The molecule has 0 aliphatic carbocycles. The second-order valence-electron chi connectivity index (χ2n) is 3.86. The summed E-state index contributed by atoms with van der Waals surface area (Å²) < 4.78 is 10.3. The van der Waals surface area contributed by atoms with Crippen LogP contribution in [0.15, 0.2) is 16.9 Å². The molecule has 0 aliphatic heterocycles. The maximum atomic E-state index is 11.7. The molecule has 1 aromatic carbocycles. The summed E-state index contributed by atoms with van der Waals surface area (Å²) in [6, 6.07) is 3.14. The Morgan fingerprint density at radius 3 is 2.32 bits per heavy atom. The van der Waals surface area contributed by atoms with Crippen molar-refractivity contribution >= 4 is 22.5 Å². The van der Waals surface area contributed by atoms with Gasteiger partial charge in [-0.3, -0.25) is 9.59 Å². The van der Waals surface area contributed by atoms with Gasteiger partial charge in [0.25, 0.3) is 11.5 Å². The third-order valence-electron chi connectivity index (χ3n) is 2.80. The summed E-state index contributed by atoms with van der Waals surface area (Å²) in [7, 11) is 2.95. The number of fused-ring (bicyclic) bond motifs is 1. The van der Waals surface area contributed by atoms with Crippen LogP contribution in [0.2, 0.25) is 0 Å². The molecule has 7 heteroatoms. The van der Waals surface area contributed by atoms with E-state index >= 15 is 0 Å². The number of benzene rings is 1. The summed E-state index contributed by atoms with van der Waals surface area (Å²) in [6.07, 6.45) is 0. The lowest BCUT2D eigenvalue weighted by atomic mass is 10.1. The van der Waals surface area contributed by atoms with Crippen LogP contribution in [0.5, 0.6) is 11.5 Å². The molecule has 0 saturated carbocycles. The number of hydrogen-bond donors (Lipinski definition) is 3. The van der Waals surface area contributed by atoms with Gasteiger partial charge >= 0.3 is 0 Å². The molecule has 2 rings (SSSR count). The average molecular weight is 263 g/mol. The van der Waals surface area contributed by atoms with E-state index in [0.29, 0.717) is 22.4 Å². The first-order valence-electron chi connectivity index (χ1n) is 5.37. The Balaban J connectivity index is 2.90.